The second-order valence-corrected chi connectivity index (χ2v) is 7.68. The van der Waals surface area contributed by atoms with Crippen LogP contribution in [0, 0.1) is 0 Å². The van der Waals surface area contributed by atoms with Gasteiger partial charge in [-0.25, -0.2) is 0 Å². The highest BCUT2D eigenvalue weighted by molar-refractivity contribution is 8.02. The fourth-order valence-corrected chi connectivity index (χ4v) is 4.16. The maximum Gasteiger partial charge on any atom is 0.239 e. The summed E-state index contributed by atoms with van der Waals surface area (Å²) in [6.45, 7) is 4.03. The predicted molar refractivity (Wildman–Crippen MR) is 86.8 cm³/mol. The molecule has 7 nitrogen and oxygen atoms in total. The second-order valence-electron chi connectivity index (χ2n) is 4.16. The third-order valence-electron chi connectivity index (χ3n) is 2.49. The van der Waals surface area contributed by atoms with Crippen LogP contribution < -0.4 is 11.1 Å². The minimum atomic E-state index is -0.254. The zero-order chi connectivity index (χ0) is 15.2. The minimum Gasteiger partial charge on any atom is -0.374 e. The van der Waals surface area contributed by atoms with Crippen LogP contribution in [0.4, 0.5) is 10.3 Å². The SMILES string of the molecule is CCCc1nnc(NC(=O)C(CC)Sc2nnc(N)s2)s1. The van der Waals surface area contributed by atoms with Crippen molar-refractivity contribution in [3.8, 4) is 0 Å². The van der Waals surface area contributed by atoms with E-state index in [2.05, 4.69) is 32.6 Å². The molecule has 1 unspecified atom stereocenters. The topological polar surface area (TPSA) is 107 Å². The number of hydrogen-bond acceptors (Lipinski definition) is 9. The van der Waals surface area contributed by atoms with E-state index in [1.165, 1.54) is 34.4 Å². The molecule has 0 saturated heterocycles. The van der Waals surface area contributed by atoms with Crippen molar-refractivity contribution in [2.75, 3.05) is 11.1 Å². The molecule has 1 amide bonds. The van der Waals surface area contributed by atoms with E-state index in [1.807, 2.05) is 6.92 Å². The number of hydrogen-bond donors (Lipinski definition) is 2. The van der Waals surface area contributed by atoms with Gasteiger partial charge in [-0.1, -0.05) is 48.3 Å². The summed E-state index contributed by atoms with van der Waals surface area (Å²) in [5.74, 6) is -0.101. The Bertz CT molecular complexity index is 598. The van der Waals surface area contributed by atoms with Gasteiger partial charge in [-0.2, -0.15) is 0 Å². The Morgan fingerprint density at radius 2 is 2.10 bits per heavy atom. The highest BCUT2D eigenvalue weighted by Gasteiger charge is 2.21. The van der Waals surface area contributed by atoms with Gasteiger partial charge >= 0.3 is 0 Å². The number of nitrogens with two attached hydrogens (primary N) is 1. The molecule has 0 bridgehead atoms. The first-order chi connectivity index (χ1) is 10.1. The van der Waals surface area contributed by atoms with Gasteiger partial charge in [-0.15, -0.1) is 20.4 Å². The first-order valence-electron chi connectivity index (χ1n) is 6.51. The lowest BCUT2D eigenvalue weighted by molar-refractivity contribution is -0.115. The summed E-state index contributed by atoms with van der Waals surface area (Å²) in [5, 5.41) is 20.1. The van der Waals surface area contributed by atoms with Gasteiger partial charge in [0.25, 0.3) is 0 Å². The molecule has 0 saturated carbocycles. The molecular formula is C11H16N6OS3. The van der Waals surface area contributed by atoms with Gasteiger partial charge in [0, 0.05) is 6.42 Å². The van der Waals surface area contributed by atoms with E-state index >= 15 is 0 Å². The number of thioether (sulfide) groups is 1. The maximum atomic E-state index is 12.3. The van der Waals surface area contributed by atoms with Crippen molar-refractivity contribution in [2.45, 2.75) is 42.7 Å². The Morgan fingerprint density at radius 3 is 2.71 bits per heavy atom. The molecule has 0 radical (unpaired) electrons. The third-order valence-corrected chi connectivity index (χ3v) is 5.59. The number of amides is 1. The average Bonchev–Trinajstić information content (AvgIpc) is 3.06. The monoisotopic (exact) mass is 344 g/mol. The van der Waals surface area contributed by atoms with Gasteiger partial charge in [-0.3, -0.25) is 10.1 Å². The van der Waals surface area contributed by atoms with E-state index in [1.54, 1.807) is 0 Å². The molecule has 0 spiro atoms. The molecule has 10 heteroatoms. The highest BCUT2D eigenvalue weighted by atomic mass is 32.2. The zero-order valence-electron chi connectivity index (χ0n) is 11.7. The van der Waals surface area contributed by atoms with E-state index < -0.39 is 0 Å². The van der Waals surface area contributed by atoms with E-state index in [0.29, 0.717) is 21.0 Å². The Balaban J connectivity index is 1.95. The second kappa shape index (κ2) is 7.66. The average molecular weight is 344 g/mol. The first-order valence-corrected chi connectivity index (χ1v) is 9.02. The molecule has 2 rings (SSSR count). The predicted octanol–water partition coefficient (Wildman–Crippen LogP) is 2.43. The van der Waals surface area contributed by atoms with E-state index in [0.717, 1.165) is 17.8 Å². The van der Waals surface area contributed by atoms with Crippen molar-refractivity contribution in [1.29, 1.82) is 0 Å². The van der Waals surface area contributed by atoms with Crippen LogP contribution in [0.15, 0.2) is 4.34 Å². The Morgan fingerprint density at radius 1 is 1.29 bits per heavy atom. The molecule has 0 aromatic carbocycles. The molecule has 2 heterocycles. The van der Waals surface area contributed by atoms with Crippen molar-refractivity contribution in [3.63, 3.8) is 0 Å². The molecular weight excluding hydrogens is 328 g/mol. The van der Waals surface area contributed by atoms with E-state index in [-0.39, 0.29) is 11.2 Å². The highest BCUT2D eigenvalue weighted by Crippen LogP contribution is 2.30. The smallest absolute Gasteiger partial charge is 0.239 e. The summed E-state index contributed by atoms with van der Waals surface area (Å²) < 4.78 is 0.693. The van der Waals surface area contributed by atoms with Crippen molar-refractivity contribution < 1.29 is 4.79 Å². The lowest BCUT2D eigenvalue weighted by atomic mass is 10.3. The summed E-state index contributed by atoms with van der Waals surface area (Å²) in [6, 6.07) is 0. The number of rotatable bonds is 7. The van der Waals surface area contributed by atoms with Gasteiger partial charge < -0.3 is 5.73 Å². The van der Waals surface area contributed by atoms with Crippen molar-refractivity contribution >= 4 is 50.6 Å². The lowest BCUT2D eigenvalue weighted by Gasteiger charge is -2.10. The van der Waals surface area contributed by atoms with Gasteiger partial charge in [0.2, 0.25) is 16.2 Å². The quantitative estimate of drug-likeness (QED) is 0.743. The molecule has 0 aliphatic carbocycles. The van der Waals surface area contributed by atoms with E-state index in [4.69, 9.17) is 5.73 Å². The number of aromatic nitrogens is 4. The Labute approximate surface area is 134 Å². The number of anilines is 2. The molecule has 1 atom stereocenters. The third kappa shape index (κ3) is 4.61. The van der Waals surface area contributed by atoms with Crippen LogP contribution in [0.25, 0.3) is 0 Å². The number of nitrogens with zero attached hydrogens (tertiary/aromatic N) is 4. The Kier molecular flexibility index (Phi) is 5.88. The summed E-state index contributed by atoms with van der Waals surface area (Å²) in [5.41, 5.74) is 5.54. The Hall–Kier alpha value is -1.26. The number of nitrogen functional groups attached to an aromatic ring is 1. The molecule has 0 fully saturated rings. The molecule has 3 N–H and O–H groups in total. The van der Waals surface area contributed by atoms with Crippen molar-refractivity contribution in [2.24, 2.45) is 0 Å². The fourth-order valence-electron chi connectivity index (χ4n) is 1.52. The van der Waals surface area contributed by atoms with Crippen molar-refractivity contribution in [1.82, 2.24) is 20.4 Å². The molecule has 21 heavy (non-hydrogen) atoms. The van der Waals surface area contributed by atoms with Crippen LogP contribution >= 0.6 is 34.4 Å². The molecule has 0 aliphatic heterocycles. The minimum absolute atomic E-state index is 0.101. The van der Waals surface area contributed by atoms with E-state index in [9.17, 15) is 4.79 Å². The van der Waals surface area contributed by atoms with Gasteiger partial charge in [-0.05, 0) is 12.8 Å². The summed E-state index contributed by atoms with van der Waals surface area (Å²) >= 11 is 4.06. The van der Waals surface area contributed by atoms with Crippen LogP contribution in [-0.4, -0.2) is 31.6 Å². The molecule has 114 valence electrons. The normalized spacial score (nSPS) is 12.3. The van der Waals surface area contributed by atoms with Crippen LogP contribution in [0.2, 0.25) is 0 Å². The summed E-state index contributed by atoms with van der Waals surface area (Å²) in [6.07, 6.45) is 2.56. The van der Waals surface area contributed by atoms with Gasteiger partial charge in [0.05, 0.1) is 5.25 Å². The lowest BCUT2D eigenvalue weighted by Crippen LogP contribution is -2.24. The standard InChI is InChI=1S/C11H16N6OS3/c1-3-5-7-14-16-10(20-7)13-8(18)6(4-2)19-11-17-15-9(12)21-11/h6H,3-5H2,1-2H3,(H2,12,15)(H,13,16,18). The molecule has 0 aliphatic rings. The van der Waals surface area contributed by atoms with Gasteiger partial charge in [0.1, 0.15) is 5.01 Å². The first kappa shape index (κ1) is 16.1. The maximum absolute atomic E-state index is 12.3. The fraction of sp³-hybridized carbons (Fsp3) is 0.545. The summed E-state index contributed by atoms with van der Waals surface area (Å²) in [7, 11) is 0. The van der Waals surface area contributed by atoms with Crippen LogP contribution in [0.3, 0.4) is 0 Å². The van der Waals surface area contributed by atoms with Crippen LogP contribution in [0.1, 0.15) is 31.7 Å². The zero-order valence-corrected chi connectivity index (χ0v) is 14.1. The summed E-state index contributed by atoms with van der Waals surface area (Å²) in [4.78, 5) is 12.3. The number of carbonyl (C=O) groups excluding carboxylic acids is 1. The molecule has 2 aromatic heterocycles. The van der Waals surface area contributed by atoms with Crippen LogP contribution in [-0.2, 0) is 11.2 Å². The number of nitrogens with one attached hydrogen (secondary N) is 1. The van der Waals surface area contributed by atoms with Crippen LogP contribution in [0.5, 0.6) is 0 Å². The number of aryl methyl sites for hydroxylation is 1. The van der Waals surface area contributed by atoms with Gasteiger partial charge in [0.15, 0.2) is 4.34 Å². The molecule has 2 aromatic rings. The number of carbonyl (C=O) groups is 1. The largest absolute Gasteiger partial charge is 0.374 e. The van der Waals surface area contributed by atoms with Crippen molar-refractivity contribution in [3.05, 3.63) is 5.01 Å².